The fourth-order valence-corrected chi connectivity index (χ4v) is 3.50. The molecule has 0 saturated heterocycles. The first kappa shape index (κ1) is 13.5. The molecule has 0 bridgehead atoms. The third-order valence-electron chi connectivity index (χ3n) is 4.06. The van der Waals surface area contributed by atoms with Crippen LogP contribution < -0.4 is 0 Å². The summed E-state index contributed by atoms with van der Waals surface area (Å²) < 4.78 is 0. The normalized spacial score (nSPS) is 26.0. The summed E-state index contributed by atoms with van der Waals surface area (Å²) in [6.45, 7) is 4.93. The van der Waals surface area contributed by atoms with E-state index in [1.54, 1.807) is 0 Å². The molecule has 1 rings (SSSR count). The number of hydrogen-bond acceptors (Lipinski definition) is 0. The first-order chi connectivity index (χ1) is 7.27. The summed E-state index contributed by atoms with van der Waals surface area (Å²) in [5.74, 6) is 0. The zero-order valence-corrected chi connectivity index (χ0v) is 11.8. The van der Waals surface area contributed by atoms with Gasteiger partial charge in [-0.15, -0.1) is 8.58 Å². The predicted octanol–water partition coefficient (Wildman–Crippen LogP) is 5.36. The molecular weight excluding hydrogens is 199 g/mol. The summed E-state index contributed by atoms with van der Waals surface area (Å²) >= 11 is 0. The van der Waals surface area contributed by atoms with Crippen LogP contribution in [-0.4, -0.2) is 11.8 Å². The Kier molecular flexibility index (Phi) is 6.89. The molecular formula is C14H29P. The van der Waals surface area contributed by atoms with Gasteiger partial charge in [-0.1, -0.05) is 64.7 Å². The van der Waals surface area contributed by atoms with Gasteiger partial charge >= 0.3 is 0 Å². The summed E-state index contributed by atoms with van der Waals surface area (Å²) in [6, 6.07) is 0. The van der Waals surface area contributed by atoms with E-state index >= 15 is 0 Å². The Morgan fingerprint density at radius 3 is 1.33 bits per heavy atom. The minimum atomic E-state index is 0.694. The quantitative estimate of drug-likeness (QED) is 0.530. The number of hydrogen-bond donors (Lipinski definition) is 0. The third-order valence-corrected chi connectivity index (χ3v) is 5.77. The molecule has 0 amide bonds. The first-order valence-electron chi connectivity index (χ1n) is 6.96. The lowest BCUT2D eigenvalue weighted by Gasteiger charge is -2.28. The lowest BCUT2D eigenvalue weighted by molar-refractivity contribution is 0.448. The van der Waals surface area contributed by atoms with Crippen LogP contribution in [0.25, 0.3) is 0 Å². The smallest absolute Gasteiger partial charge is 0.0153 e. The van der Waals surface area contributed by atoms with Crippen LogP contribution in [0.1, 0.15) is 77.6 Å². The van der Waals surface area contributed by atoms with Gasteiger partial charge in [-0.3, -0.25) is 0 Å². The molecule has 0 aliphatic heterocycles. The lowest BCUT2D eigenvalue weighted by atomic mass is 9.93. The van der Waals surface area contributed by atoms with Crippen LogP contribution in [0, 0.1) is 0 Å². The van der Waals surface area contributed by atoms with Gasteiger partial charge in [-0.05, 0) is 24.7 Å². The van der Waals surface area contributed by atoms with Crippen LogP contribution in [-0.2, 0) is 0 Å². The van der Waals surface area contributed by atoms with Crippen molar-refractivity contribution in [3.8, 4) is 0 Å². The van der Waals surface area contributed by atoms with Gasteiger partial charge in [0.1, 0.15) is 0 Å². The van der Waals surface area contributed by atoms with E-state index < -0.39 is 0 Å². The Hall–Kier alpha value is 0.430. The highest BCUT2D eigenvalue weighted by molar-refractivity contribution is 7.39. The molecule has 0 N–H and O–H groups in total. The molecule has 0 radical (unpaired) electrons. The maximum atomic E-state index is 2.53. The zero-order chi connectivity index (χ0) is 11.0. The maximum Gasteiger partial charge on any atom is -0.0153 e. The summed E-state index contributed by atoms with van der Waals surface area (Å²) in [7, 11) is 1.14. The Bertz CT molecular complexity index is 141. The lowest BCUT2D eigenvalue weighted by Crippen LogP contribution is -2.18. The molecule has 0 spiro atoms. The summed E-state index contributed by atoms with van der Waals surface area (Å²) in [6.07, 6.45) is 16.4. The van der Waals surface area contributed by atoms with E-state index in [4.69, 9.17) is 0 Å². The van der Waals surface area contributed by atoms with E-state index in [9.17, 15) is 0 Å². The highest BCUT2D eigenvalue weighted by Crippen LogP contribution is 2.38. The second-order valence-electron chi connectivity index (χ2n) is 5.49. The van der Waals surface area contributed by atoms with Crippen LogP contribution in [0.15, 0.2) is 0 Å². The molecule has 1 aliphatic carbocycles. The highest BCUT2D eigenvalue weighted by Gasteiger charge is 2.20. The van der Waals surface area contributed by atoms with Gasteiger partial charge < -0.3 is 0 Å². The average molecular weight is 228 g/mol. The molecule has 0 nitrogen and oxygen atoms in total. The van der Waals surface area contributed by atoms with E-state index in [0.29, 0.717) is 5.16 Å². The zero-order valence-electron chi connectivity index (χ0n) is 10.8. The van der Waals surface area contributed by atoms with Crippen LogP contribution in [0.4, 0.5) is 0 Å². The second-order valence-corrected chi connectivity index (χ2v) is 7.20. The Morgan fingerprint density at radius 2 is 1.00 bits per heavy atom. The van der Waals surface area contributed by atoms with Crippen molar-refractivity contribution in [1.29, 1.82) is 0 Å². The summed E-state index contributed by atoms with van der Waals surface area (Å²) in [5, 5.41) is 0.694. The van der Waals surface area contributed by atoms with Crippen molar-refractivity contribution in [2.75, 3.05) is 6.66 Å². The van der Waals surface area contributed by atoms with Gasteiger partial charge in [0, 0.05) is 0 Å². The molecule has 1 unspecified atom stereocenters. The fourth-order valence-electron chi connectivity index (χ4n) is 2.64. The van der Waals surface area contributed by atoms with E-state index in [-0.39, 0.29) is 0 Å². The Morgan fingerprint density at radius 1 is 0.667 bits per heavy atom. The van der Waals surface area contributed by atoms with Gasteiger partial charge in [0.2, 0.25) is 0 Å². The Labute approximate surface area is 98.4 Å². The second kappa shape index (κ2) is 7.66. The molecule has 1 fully saturated rings. The van der Waals surface area contributed by atoms with Crippen molar-refractivity contribution in [3.05, 3.63) is 0 Å². The molecule has 90 valence electrons. The minimum Gasteiger partial charge on any atom is -0.119 e. The molecule has 15 heavy (non-hydrogen) atoms. The molecule has 0 aromatic rings. The van der Waals surface area contributed by atoms with Crippen molar-refractivity contribution < 1.29 is 0 Å². The van der Waals surface area contributed by atoms with Crippen LogP contribution in [0.3, 0.4) is 0 Å². The van der Waals surface area contributed by atoms with Gasteiger partial charge in [0.05, 0.1) is 0 Å². The molecule has 0 heterocycles. The predicted molar refractivity (Wildman–Crippen MR) is 73.4 cm³/mol. The maximum absolute atomic E-state index is 2.53. The van der Waals surface area contributed by atoms with Crippen molar-refractivity contribution in [1.82, 2.24) is 0 Å². The van der Waals surface area contributed by atoms with Gasteiger partial charge in [-0.25, -0.2) is 0 Å². The topological polar surface area (TPSA) is 0 Å². The van der Waals surface area contributed by atoms with Gasteiger partial charge in [-0.2, -0.15) is 0 Å². The van der Waals surface area contributed by atoms with Gasteiger partial charge in [0.25, 0.3) is 0 Å². The largest absolute Gasteiger partial charge is 0.119 e. The molecule has 1 aliphatic rings. The Balaban J connectivity index is 2.32. The van der Waals surface area contributed by atoms with Crippen molar-refractivity contribution in [2.45, 2.75) is 82.7 Å². The fraction of sp³-hybridized carbons (Fsp3) is 1.00. The molecule has 1 atom stereocenters. The van der Waals surface area contributed by atoms with Crippen molar-refractivity contribution in [2.24, 2.45) is 0 Å². The van der Waals surface area contributed by atoms with Crippen LogP contribution in [0.5, 0.6) is 0 Å². The third kappa shape index (κ3) is 5.91. The summed E-state index contributed by atoms with van der Waals surface area (Å²) in [4.78, 5) is 0. The molecule has 1 heteroatoms. The monoisotopic (exact) mass is 228 g/mol. The summed E-state index contributed by atoms with van der Waals surface area (Å²) in [5.41, 5.74) is 0. The molecule has 1 saturated carbocycles. The average Bonchev–Trinajstić information content (AvgIpc) is 2.23. The van der Waals surface area contributed by atoms with E-state index in [2.05, 4.69) is 13.6 Å². The van der Waals surface area contributed by atoms with Crippen LogP contribution in [0.2, 0.25) is 0 Å². The van der Waals surface area contributed by atoms with Crippen molar-refractivity contribution in [3.63, 3.8) is 0 Å². The van der Waals surface area contributed by atoms with Crippen molar-refractivity contribution >= 4 is 8.58 Å². The highest BCUT2D eigenvalue weighted by atomic mass is 31.1. The minimum absolute atomic E-state index is 0.694. The van der Waals surface area contributed by atoms with E-state index in [1.165, 1.54) is 70.6 Å². The van der Waals surface area contributed by atoms with Crippen LogP contribution >= 0.6 is 8.58 Å². The van der Waals surface area contributed by atoms with Gasteiger partial charge in [0.15, 0.2) is 0 Å². The number of rotatable bonds is 1. The SMILES string of the molecule is CPC1(C)CCCCCCCCCCC1. The van der Waals surface area contributed by atoms with E-state index in [0.717, 1.165) is 8.58 Å². The first-order valence-corrected chi connectivity index (χ1v) is 8.46. The molecule has 0 aromatic carbocycles. The van der Waals surface area contributed by atoms with E-state index in [1.807, 2.05) is 0 Å². The molecule has 0 aromatic heterocycles. The standard InChI is InChI=1S/C14H29P/c1-14(15-2)12-10-8-6-4-3-5-7-9-11-13-14/h15H,3-13H2,1-2H3.